The molecule has 1 heterocycles. The third-order valence-corrected chi connectivity index (χ3v) is 3.07. The number of aromatic amines is 1. The Balaban J connectivity index is 2.02. The van der Waals surface area contributed by atoms with Crippen molar-refractivity contribution >= 4 is 22.6 Å². The summed E-state index contributed by atoms with van der Waals surface area (Å²) in [4.78, 5) is 19.3. The molecule has 5 heteroatoms. The van der Waals surface area contributed by atoms with E-state index in [9.17, 15) is 4.79 Å². The van der Waals surface area contributed by atoms with Crippen LogP contribution in [0.4, 0.5) is 5.69 Å². The molecule has 0 unspecified atom stereocenters. The molecule has 0 spiro atoms. The molecule has 5 nitrogen and oxygen atoms in total. The standard InChI is InChI=1S/C16H12N4O/c17-10-9-14(21)18-12-7-4-8-13-15(12)20-16(19-13)11-5-2-1-3-6-11/h1-8H,9H2,(H,18,21)(H,19,20). The molecule has 1 aromatic heterocycles. The molecular formula is C16H12N4O. The SMILES string of the molecule is N#CCC(=O)Nc1cccc2[nH]c(-c3ccccc3)nc12. The summed E-state index contributed by atoms with van der Waals surface area (Å²) in [5.41, 5.74) is 3.10. The Morgan fingerprint density at radius 3 is 2.76 bits per heavy atom. The van der Waals surface area contributed by atoms with Crippen LogP contribution >= 0.6 is 0 Å². The van der Waals surface area contributed by atoms with E-state index in [1.165, 1.54) is 0 Å². The molecule has 0 aliphatic rings. The van der Waals surface area contributed by atoms with Gasteiger partial charge < -0.3 is 10.3 Å². The number of aromatic nitrogens is 2. The lowest BCUT2D eigenvalue weighted by atomic mass is 10.2. The number of carbonyl (C=O) groups is 1. The molecule has 0 saturated carbocycles. The van der Waals surface area contributed by atoms with Crippen LogP contribution in [0.2, 0.25) is 0 Å². The molecule has 0 fully saturated rings. The van der Waals surface area contributed by atoms with Gasteiger partial charge in [0.25, 0.3) is 0 Å². The number of fused-ring (bicyclic) bond motifs is 1. The Bertz CT molecular complexity index is 830. The van der Waals surface area contributed by atoms with Crippen LogP contribution in [0.25, 0.3) is 22.4 Å². The fourth-order valence-corrected chi connectivity index (χ4v) is 2.13. The van der Waals surface area contributed by atoms with E-state index in [1.54, 1.807) is 6.07 Å². The van der Waals surface area contributed by atoms with Gasteiger partial charge in [-0.1, -0.05) is 36.4 Å². The van der Waals surface area contributed by atoms with Crippen molar-refractivity contribution in [1.29, 1.82) is 5.26 Å². The van der Waals surface area contributed by atoms with Gasteiger partial charge in [0.1, 0.15) is 17.8 Å². The normalized spacial score (nSPS) is 10.2. The summed E-state index contributed by atoms with van der Waals surface area (Å²) >= 11 is 0. The highest BCUT2D eigenvalue weighted by molar-refractivity contribution is 6.00. The summed E-state index contributed by atoms with van der Waals surface area (Å²) in [6.07, 6.45) is -0.174. The largest absolute Gasteiger partial charge is 0.338 e. The number of imidazole rings is 1. The van der Waals surface area contributed by atoms with Crippen molar-refractivity contribution < 1.29 is 4.79 Å². The minimum absolute atomic E-state index is 0.174. The van der Waals surface area contributed by atoms with Crippen LogP contribution in [0.1, 0.15) is 6.42 Å². The van der Waals surface area contributed by atoms with Crippen LogP contribution in [-0.2, 0) is 4.79 Å². The minimum Gasteiger partial charge on any atom is -0.338 e. The summed E-state index contributed by atoms with van der Waals surface area (Å²) in [6.45, 7) is 0. The topological polar surface area (TPSA) is 81.6 Å². The summed E-state index contributed by atoms with van der Waals surface area (Å²) in [5, 5.41) is 11.3. The first-order chi connectivity index (χ1) is 10.3. The predicted octanol–water partition coefficient (Wildman–Crippen LogP) is 3.08. The highest BCUT2D eigenvalue weighted by Gasteiger charge is 2.10. The van der Waals surface area contributed by atoms with Crippen molar-refractivity contribution in [1.82, 2.24) is 9.97 Å². The Kier molecular flexibility index (Phi) is 3.36. The van der Waals surface area contributed by atoms with E-state index in [2.05, 4.69) is 15.3 Å². The van der Waals surface area contributed by atoms with Crippen molar-refractivity contribution in [2.24, 2.45) is 0 Å². The molecule has 0 aliphatic carbocycles. The number of anilines is 1. The van der Waals surface area contributed by atoms with Crippen LogP contribution in [-0.4, -0.2) is 15.9 Å². The van der Waals surface area contributed by atoms with Gasteiger partial charge in [0.15, 0.2) is 0 Å². The molecule has 3 rings (SSSR count). The number of hydrogen-bond acceptors (Lipinski definition) is 3. The lowest BCUT2D eigenvalue weighted by molar-refractivity contribution is -0.115. The maximum absolute atomic E-state index is 11.6. The first kappa shape index (κ1) is 12.9. The number of nitrogens with one attached hydrogen (secondary N) is 2. The summed E-state index contributed by atoms with van der Waals surface area (Å²) in [7, 11) is 0. The Morgan fingerprint density at radius 2 is 2.00 bits per heavy atom. The zero-order valence-corrected chi connectivity index (χ0v) is 11.1. The van der Waals surface area contributed by atoms with Gasteiger partial charge in [-0.15, -0.1) is 0 Å². The molecule has 0 saturated heterocycles. The number of para-hydroxylation sites is 1. The lowest BCUT2D eigenvalue weighted by Gasteiger charge is -2.02. The van der Waals surface area contributed by atoms with Crippen molar-refractivity contribution in [3.05, 3.63) is 48.5 Å². The highest BCUT2D eigenvalue weighted by Crippen LogP contribution is 2.25. The second kappa shape index (κ2) is 5.47. The molecule has 1 amide bonds. The maximum atomic E-state index is 11.6. The number of hydrogen-bond donors (Lipinski definition) is 2. The predicted molar refractivity (Wildman–Crippen MR) is 80.4 cm³/mol. The van der Waals surface area contributed by atoms with Gasteiger partial charge in [0, 0.05) is 5.56 Å². The third-order valence-electron chi connectivity index (χ3n) is 3.07. The third kappa shape index (κ3) is 2.60. The van der Waals surface area contributed by atoms with Gasteiger partial charge in [-0.25, -0.2) is 4.98 Å². The first-order valence-electron chi connectivity index (χ1n) is 6.49. The van der Waals surface area contributed by atoms with E-state index in [0.717, 1.165) is 16.9 Å². The molecular weight excluding hydrogens is 264 g/mol. The molecule has 0 bridgehead atoms. The number of nitriles is 1. The van der Waals surface area contributed by atoms with E-state index >= 15 is 0 Å². The van der Waals surface area contributed by atoms with Gasteiger partial charge in [-0.05, 0) is 12.1 Å². The minimum atomic E-state index is -0.339. The number of benzene rings is 2. The van der Waals surface area contributed by atoms with Gasteiger partial charge in [0.2, 0.25) is 5.91 Å². The van der Waals surface area contributed by atoms with Gasteiger partial charge in [-0.3, -0.25) is 4.79 Å². The fraction of sp³-hybridized carbons (Fsp3) is 0.0625. The summed E-state index contributed by atoms with van der Waals surface area (Å²) in [5.74, 6) is 0.404. The second-order valence-electron chi connectivity index (χ2n) is 4.54. The summed E-state index contributed by atoms with van der Waals surface area (Å²) in [6, 6.07) is 17.1. The Labute approximate surface area is 121 Å². The zero-order chi connectivity index (χ0) is 14.7. The van der Waals surface area contributed by atoms with Crippen molar-refractivity contribution in [3.63, 3.8) is 0 Å². The summed E-state index contributed by atoms with van der Waals surface area (Å²) < 4.78 is 0. The van der Waals surface area contributed by atoms with Crippen molar-refractivity contribution in [2.45, 2.75) is 6.42 Å². The van der Waals surface area contributed by atoms with Gasteiger partial charge in [-0.2, -0.15) is 5.26 Å². The number of rotatable bonds is 3. The zero-order valence-electron chi connectivity index (χ0n) is 11.1. The molecule has 21 heavy (non-hydrogen) atoms. The van der Waals surface area contributed by atoms with E-state index in [0.29, 0.717) is 11.2 Å². The monoisotopic (exact) mass is 276 g/mol. The average Bonchev–Trinajstić information content (AvgIpc) is 2.94. The van der Waals surface area contributed by atoms with E-state index in [4.69, 9.17) is 5.26 Å². The highest BCUT2D eigenvalue weighted by atomic mass is 16.1. The molecule has 0 atom stereocenters. The Morgan fingerprint density at radius 1 is 1.19 bits per heavy atom. The van der Waals surface area contributed by atoms with Crippen LogP contribution < -0.4 is 5.32 Å². The fourth-order valence-electron chi connectivity index (χ4n) is 2.13. The molecule has 102 valence electrons. The van der Waals surface area contributed by atoms with Crippen molar-refractivity contribution in [3.8, 4) is 17.5 Å². The van der Waals surface area contributed by atoms with E-state index in [1.807, 2.05) is 48.5 Å². The van der Waals surface area contributed by atoms with Crippen LogP contribution in [0.15, 0.2) is 48.5 Å². The van der Waals surface area contributed by atoms with Gasteiger partial charge >= 0.3 is 0 Å². The molecule has 2 N–H and O–H groups in total. The molecule has 2 aromatic carbocycles. The number of amides is 1. The number of nitrogens with zero attached hydrogens (tertiary/aromatic N) is 2. The Hall–Kier alpha value is -3.13. The smallest absolute Gasteiger partial charge is 0.238 e. The van der Waals surface area contributed by atoms with E-state index < -0.39 is 0 Å². The average molecular weight is 276 g/mol. The van der Waals surface area contributed by atoms with Crippen LogP contribution in [0.3, 0.4) is 0 Å². The second-order valence-corrected chi connectivity index (χ2v) is 4.54. The first-order valence-corrected chi connectivity index (χ1v) is 6.49. The number of H-pyrrole nitrogens is 1. The molecule has 0 aliphatic heterocycles. The van der Waals surface area contributed by atoms with Crippen LogP contribution in [0, 0.1) is 11.3 Å². The number of carbonyl (C=O) groups excluding carboxylic acids is 1. The van der Waals surface area contributed by atoms with Crippen molar-refractivity contribution in [2.75, 3.05) is 5.32 Å². The quantitative estimate of drug-likeness (QED) is 0.771. The molecule has 0 radical (unpaired) electrons. The lowest BCUT2D eigenvalue weighted by Crippen LogP contribution is -2.10. The van der Waals surface area contributed by atoms with Crippen LogP contribution in [0.5, 0.6) is 0 Å². The van der Waals surface area contributed by atoms with Gasteiger partial charge in [0.05, 0.1) is 17.3 Å². The molecule has 3 aromatic rings. The van der Waals surface area contributed by atoms with E-state index in [-0.39, 0.29) is 12.3 Å². The maximum Gasteiger partial charge on any atom is 0.238 e.